The van der Waals surface area contributed by atoms with Crippen LogP contribution in [-0.2, 0) is 10.5 Å². The van der Waals surface area contributed by atoms with Crippen molar-refractivity contribution in [1.82, 2.24) is 5.32 Å². The minimum Gasteiger partial charge on any atom is -0.378 e. The molecule has 3 aromatic carbocycles. The molecule has 1 amide bonds. The average Bonchev–Trinajstić information content (AvgIpc) is 2.85. The summed E-state index contributed by atoms with van der Waals surface area (Å²) < 4.78 is 0. The van der Waals surface area contributed by atoms with E-state index in [1.807, 2.05) is 92.6 Å². The number of aliphatic imine (C=N–C) groups is 1. The van der Waals surface area contributed by atoms with Crippen LogP contribution < -0.4 is 15.5 Å². The van der Waals surface area contributed by atoms with Crippen molar-refractivity contribution in [2.24, 2.45) is 4.99 Å². The highest BCUT2D eigenvalue weighted by molar-refractivity contribution is 8.13. The largest absolute Gasteiger partial charge is 0.378 e. The molecule has 0 radical (unpaired) electrons. The minimum atomic E-state index is -0.438. The number of hydrogen-bond acceptors (Lipinski definition) is 5. The molecule has 1 atom stereocenters. The topological polar surface area (TPSA) is 56.7 Å². The Morgan fingerprint density at radius 1 is 1.03 bits per heavy atom. The van der Waals surface area contributed by atoms with Crippen molar-refractivity contribution in [1.29, 1.82) is 0 Å². The Morgan fingerprint density at radius 3 is 2.40 bits per heavy atom. The van der Waals surface area contributed by atoms with E-state index < -0.39 is 6.04 Å². The van der Waals surface area contributed by atoms with Gasteiger partial charge in [0.15, 0.2) is 5.17 Å². The summed E-state index contributed by atoms with van der Waals surface area (Å²) in [4.78, 5) is 20.4. The van der Waals surface area contributed by atoms with Crippen molar-refractivity contribution in [3.05, 3.63) is 105 Å². The average molecular weight is 526 g/mol. The summed E-state index contributed by atoms with van der Waals surface area (Å²) >= 11 is 13.8. The first-order chi connectivity index (χ1) is 16.8. The monoisotopic (exact) mass is 524 g/mol. The van der Waals surface area contributed by atoms with Crippen LogP contribution in [0.25, 0.3) is 0 Å². The van der Waals surface area contributed by atoms with Crippen LogP contribution in [0.5, 0.6) is 0 Å². The third kappa shape index (κ3) is 6.20. The van der Waals surface area contributed by atoms with Gasteiger partial charge in [-0.15, -0.1) is 0 Å². The molecule has 0 saturated heterocycles. The minimum absolute atomic E-state index is 0.180. The van der Waals surface area contributed by atoms with Gasteiger partial charge in [-0.25, -0.2) is 4.99 Å². The maximum absolute atomic E-state index is 13.4. The number of nitrogens with zero attached hydrogens (tertiary/aromatic N) is 2. The van der Waals surface area contributed by atoms with Gasteiger partial charge in [0.1, 0.15) is 6.04 Å². The maximum Gasteiger partial charge on any atom is 0.255 e. The van der Waals surface area contributed by atoms with Gasteiger partial charge >= 0.3 is 0 Å². The molecule has 0 aliphatic carbocycles. The van der Waals surface area contributed by atoms with E-state index in [9.17, 15) is 4.79 Å². The van der Waals surface area contributed by atoms with E-state index in [-0.39, 0.29) is 5.91 Å². The van der Waals surface area contributed by atoms with Crippen LogP contribution in [0.3, 0.4) is 0 Å². The number of para-hydroxylation sites is 1. The predicted molar refractivity (Wildman–Crippen MR) is 150 cm³/mol. The summed E-state index contributed by atoms with van der Waals surface area (Å²) in [7, 11) is 4.00. The number of carbonyl (C=O) groups is 1. The summed E-state index contributed by atoms with van der Waals surface area (Å²) in [5.41, 5.74) is 5.16. The zero-order chi connectivity index (χ0) is 24.9. The third-order valence-electron chi connectivity index (χ3n) is 5.58. The lowest BCUT2D eigenvalue weighted by molar-refractivity contribution is -0.113. The first-order valence-corrected chi connectivity index (χ1v) is 12.8. The third-order valence-corrected chi connectivity index (χ3v) is 7.28. The Balaban J connectivity index is 1.62. The zero-order valence-corrected chi connectivity index (χ0v) is 22.0. The fraction of sp³-hybridized carbons (Fsp3) is 0.185. The highest BCUT2D eigenvalue weighted by Crippen LogP contribution is 2.34. The molecule has 0 fully saturated rings. The molecule has 4 rings (SSSR count). The van der Waals surface area contributed by atoms with Crippen LogP contribution in [-0.4, -0.2) is 25.2 Å². The van der Waals surface area contributed by atoms with E-state index in [1.54, 1.807) is 17.8 Å². The highest BCUT2D eigenvalue weighted by Gasteiger charge is 2.29. The molecule has 0 unspecified atom stereocenters. The Labute approximate surface area is 220 Å². The molecule has 0 aromatic heterocycles. The normalized spacial score (nSPS) is 15.3. The molecule has 1 aliphatic heterocycles. The predicted octanol–water partition coefficient (Wildman–Crippen LogP) is 6.91. The Kier molecular flexibility index (Phi) is 8.06. The number of benzene rings is 3. The number of anilines is 2. The second kappa shape index (κ2) is 11.2. The zero-order valence-electron chi connectivity index (χ0n) is 19.7. The molecule has 0 bridgehead atoms. The van der Waals surface area contributed by atoms with Gasteiger partial charge in [0.25, 0.3) is 5.91 Å². The van der Waals surface area contributed by atoms with E-state index in [0.29, 0.717) is 21.4 Å². The molecule has 35 heavy (non-hydrogen) atoms. The van der Waals surface area contributed by atoms with Gasteiger partial charge in [-0.05, 0) is 54.4 Å². The van der Waals surface area contributed by atoms with Crippen LogP contribution in [0.4, 0.5) is 11.4 Å². The lowest BCUT2D eigenvalue weighted by Gasteiger charge is -2.27. The molecule has 1 heterocycles. The number of carbonyl (C=O) groups excluding carboxylic acids is 1. The quantitative estimate of drug-likeness (QED) is 0.367. The lowest BCUT2D eigenvalue weighted by Crippen LogP contribution is -2.32. The standard InChI is InChI=1S/C27H26Cl2N4OS/c1-17-24(26(34)31-20-7-5-4-6-8-20)25(19-10-12-21(13-11-19)33(2)3)32-27(30-17)35-16-18-9-14-22(28)23(29)15-18/h4-15,25H,16H2,1-3H3,(H,30,32)(H,31,34)/t25-/m1/s1. The van der Waals surface area contributed by atoms with Gasteiger partial charge < -0.3 is 15.5 Å². The van der Waals surface area contributed by atoms with E-state index in [1.165, 1.54) is 0 Å². The number of hydrogen-bond donors (Lipinski definition) is 2. The molecule has 0 spiro atoms. The molecular weight excluding hydrogens is 499 g/mol. The number of amidine groups is 1. The lowest BCUT2D eigenvalue weighted by atomic mass is 9.95. The van der Waals surface area contributed by atoms with Gasteiger partial charge in [0.2, 0.25) is 0 Å². The molecule has 0 saturated carbocycles. The first-order valence-electron chi connectivity index (χ1n) is 11.1. The van der Waals surface area contributed by atoms with Crippen LogP contribution in [0.1, 0.15) is 24.1 Å². The summed E-state index contributed by atoms with van der Waals surface area (Å²) in [5.74, 6) is 0.480. The molecule has 1 aliphatic rings. The Bertz CT molecular complexity index is 1270. The van der Waals surface area contributed by atoms with Crippen LogP contribution >= 0.6 is 35.0 Å². The van der Waals surface area contributed by atoms with E-state index >= 15 is 0 Å². The SMILES string of the molecule is CC1=C(C(=O)Nc2ccccc2)[C@@H](c2ccc(N(C)C)cc2)N=C(SCc2ccc(Cl)c(Cl)c2)N1. The van der Waals surface area contributed by atoms with Crippen molar-refractivity contribution in [3.63, 3.8) is 0 Å². The summed E-state index contributed by atoms with van der Waals surface area (Å²) in [6.07, 6.45) is 0. The number of allylic oxidation sites excluding steroid dienone is 1. The molecular formula is C27H26Cl2N4OS. The van der Waals surface area contributed by atoms with E-state index in [2.05, 4.69) is 10.6 Å². The fourth-order valence-corrected chi connectivity index (χ4v) is 4.92. The number of halogens is 2. The Hall–Kier alpha value is -2.93. The van der Waals surface area contributed by atoms with Gasteiger partial charge in [0.05, 0.1) is 15.6 Å². The molecule has 3 aromatic rings. The van der Waals surface area contributed by atoms with Crippen molar-refractivity contribution in [2.75, 3.05) is 24.3 Å². The fourth-order valence-electron chi connectivity index (χ4n) is 3.71. The molecule has 8 heteroatoms. The van der Waals surface area contributed by atoms with Gasteiger partial charge in [-0.1, -0.05) is 71.4 Å². The summed E-state index contributed by atoms with van der Waals surface area (Å²) in [6, 6.07) is 22.7. The van der Waals surface area contributed by atoms with Gasteiger partial charge in [-0.2, -0.15) is 0 Å². The number of nitrogens with one attached hydrogen (secondary N) is 2. The van der Waals surface area contributed by atoms with Crippen LogP contribution in [0.15, 0.2) is 89.1 Å². The van der Waals surface area contributed by atoms with Crippen molar-refractivity contribution >= 4 is 57.4 Å². The summed E-state index contributed by atoms with van der Waals surface area (Å²) in [6.45, 7) is 1.91. The van der Waals surface area contributed by atoms with Crippen LogP contribution in [0, 0.1) is 0 Å². The van der Waals surface area contributed by atoms with Crippen molar-refractivity contribution < 1.29 is 4.79 Å². The Morgan fingerprint density at radius 2 is 1.74 bits per heavy atom. The van der Waals surface area contributed by atoms with Crippen LogP contribution in [0.2, 0.25) is 10.0 Å². The number of rotatable bonds is 6. The van der Waals surface area contributed by atoms with Gasteiger partial charge in [-0.3, -0.25) is 4.79 Å². The van der Waals surface area contributed by atoms with Crippen molar-refractivity contribution in [2.45, 2.75) is 18.7 Å². The molecule has 2 N–H and O–H groups in total. The van der Waals surface area contributed by atoms with E-state index in [0.717, 1.165) is 33.4 Å². The highest BCUT2D eigenvalue weighted by atomic mass is 35.5. The van der Waals surface area contributed by atoms with Gasteiger partial charge in [0, 0.05) is 36.9 Å². The number of thioether (sulfide) groups is 1. The second-order valence-corrected chi connectivity index (χ2v) is 10.1. The first kappa shape index (κ1) is 25.2. The number of amides is 1. The smallest absolute Gasteiger partial charge is 0.255 e. The maximum atomic E-state index is 13.4. The van der Waals surface area contributed by atoms with Crippen molar-refractivity contribution in [3.8, 4) is 0 Å². The van der Waals surface area contributed by atoms with E-state index in [4.69, 9.17) is 28.2 Å². The molecule has 5 nitrogen and oxygen atoms in total. The molecule has 180 valence electrons. The second-order valence-electron chi connectivity index (χ2n) is 8.34. The summed E-state index contributed by atoms with van der Waals surface area (Å²) in [5, 5.41) is 8.13.